The number of aliphatic imine (C=N–C) groups is 1. The Kier molecular flexibility index (Phi) is 4.15. The lowest BCUT2D eigenvalue weighted by atomic mass is 9.96. The minimum absolute atomic E-state index is 0.518. The molecular weight excluding hydrogens is 182 g/mol. The van der Waals surface area contributed by atoms with Crippen LogP contribution in [0.4, 0.5) is 0 Å². The summed E-state index contributed by atoms with van der Waals surface area (Å²) in [5.74, 6) is 0.522. The molecule has 4 heteroatoms. The van der Waals surface area contributed by atoms with Crippen LogP contribution in [0, 0.1) is 0 Å². The third-order valence-corrected chi connectivity index (χ3v) is 2.42. The van der Waals surface area contributed by atoms with Crippen molar-refractivity contribution in [2.24, 2.45) is 10.7 Å². The molecular formula is C9H17N3S. The average molecular weight is 199 g/mol. The molecule has 0 spiro atoms. The number of nitrogens with one attached hydrogen (secondary N) is 1. The fraction of sp³-hybridized carbons (Fsp3) is 0.778. The third kappa shape index (κ3) is 4.22. The Labute approximate surface area is 84.8 Å². The number of hydrogen-bond acceptors (Lipinski definition) is 1. The smallest absolute Gasteiger partial charge is 0.194 e. The number of nitrogens with zero attached hydrogens (tertiary/aromatic N) is 1. The van der Waals surface area contributed by atoms with Crippen molar-refractivity contribution in [2.75, 3.05) is 0 Å². The highest BCUT2D eigenvalue weighted by Gasteiger charge is 2.13. The molecule has 1 rings (SSSR count). The van der Waals surface area contributed by atoms with Crippen molar-refractivity contribution < 1.29 is 0 Å². The van der Waals surface area contributed by atoms with Gasteiger partial charge in [-0.1, -0.05) is 19.3 Å². The van der Waals surface area contributed by atoms with Gasteiger partial charge in [0, 0.05) is 6.04 Å². The van der Waals surface area contributed by atoms with Gasteiger partial charge in [0.15, 0.2) is 5.11 Å². The average Bonchev–Trinajstić information content (AvgIpc) is 2.04. The topological polar surface area (TPSA) is 50.4 Å². The fourth-order valence-corrected chi connectivity index (χ4v) is 1.92. The molecule has 3 N–H and O–H groups in total. The maximum absolute atomic E-state index is 5.42. The number of amidine groups is 1. The van der Waals surface area contributed by atoms with Crippen molar-refractivity contribution >= 4 is 23.2 Å². The molecule has 1 aliphatic carbocycles. The highest BCUT2D eigenvalue weighted by atomic mass is 32.1. The molecule has 0 unspecified atom stereocenters. The summed E-state index contributed by atoms with van der Waals surface area (Å²) in [7, 11) is 0. The number of nitrogens with two attached hydrogens (primary N) is 1. The summed E-state index contributed by atoms with van der Waals surface area (Å²) in [6.45, 7) is 1.74. The van der Waals surface area contributed by atoms with Gasteiger partial charge in [-0.05, 0) is 32.0 Å². The molecule has 0 aliphatic heterocycles. The van der Waals surface area contributed by atoms with Crippen molar-refractivity contribution in [1.82, 2.24) is 5.32 Å². The largest absolute Gasteiger partial charge is 0.387 e. The molecule has 0 aromatic rings. The zero-order valence-electron chi connectivity index (χ0n) is 8.05. The first-order valence-corrected chi connectivity index (χ1v) is 5.20. The summed E-state index contributed by atoms with van der Waals surface area (Å²) in [5.41, 5.74) is 5.42. The van der Waals surface area contributed by atoms with Crippen LogP contribution in [0.5, 0.6) is 0 Å². The van der Waals surface area contributed by atoms with Gasteiger partial charge < -0.3 is 11.1 Å². The fourth-order valence-electron chi connectivity index (χ4n) is 1.61. The SMILES string of the molecule is C/C(N)=N/C(=S)NC1CCCCC1. The van der Waals surface area contributed by atoms with E-state index in [-0.39, 0.29) is 0 Å². The molecule has 1 fully saturated rings. The van der Waals surface area contributed by atoms with Crippen LogP contribution in [0.3, 0.4) is 0 Å². The van der Waals surface area contributed by atoms with Gasteiger partial charge in [-0.2, -0.15) is 0 Å². The molecule has 0 heterocycles. The first kappa shape index (κ1) is 10.4. The lowest BCUT2D eigenvalue weighted by molar-refractivity contribution is 0.414. The third-order valence-electron chi connectivity index (χ3n) is 2.21. The van der Waals surface area contributed by atoms with Crippen LogP contribution < -0.4 is 11.1 Å². The molecule has 1 saturated carbocycles. The quantitative estimate of drug-likeness (QED) is 0.383. The van der Waals surface area contributed by atoms with Gasteiger partial charge in [-0.25, -0.2) is 4.99 Å². The second-order valence-electron chi connectivity index (χ2n) is 3.54. The summed E-state index contributed by atoms with van der Waals surface area (Å²) in [6, 6.07) is 0.518. The molecule has 0 bridgehead atoms. The van der Waals surface area contributed by atoms with E-state index in [0.29, 0.717) is 17.0 Å². The van der Waals surface area contributed by atoms with Gasteiger partial charge in [0.2, 0.25) is 0 Å². The molecule has 0 atom stereocenters. The highest BCUT2D eigenvalue weighted by Crippen LogP contribution is 2.17. The normalized spacial score (nSPS) is 19.9. The first-order chi connectivity index (χ1) is 6.18. The zero-order valence-corrected chi connectivity index (χ0v) is 8.86. The summed E-state index contributed by atoms with van der Waals surface area (Å²) >= 11 is 5.03. The van der Waals surface area contributed by atoms with E-state index >= 15 is 0 Å². The van der Waals surface area contributed by atoms with Gasteiger partial charge in [0.25, 0.3) is 0 Å². The monoisotopic (exact) mass is 199 g/mol. The van der Waals surface area contributed by atoms with Crippen molar-refractivity contribution in [1.29, 1.82) is 0 Å². The van der Waals surface area contributed by atoms with Crippen molar-refractivity contribution in [3.63, 3.8) is 0 Å². The lowest BCUT2D eigenvalue weighted by Gasteiger charge is -2.22. The second-order valence-corrected chi connectivity index (χ2v) is 3.92. The highest BCUT2D eigenvalue weighted by molar-refractivity contribution is 7.80. The Hall–Kier alpha value is -0.640. The molecule has 1 aliphatic rings. The Morgan fingerprint density at radius 3 is 2.54 bits per heavy atom. The van der Waals surface area contributed by atoms with Gasteiger partial charge >= 0.3 is 0 Å². The number of thiocarbonyl (C=S) groups is 1. The van der Waals surface area contributed by atoms with Gasteiger partial charge in [-0.3, -0.25) is 0 Å². The van der Waals surface area contributed by atoms with E-state index in [1.165, 1.54) is 32.1 Å². The first-order valence-electron chi connectivity index (χ1n) is 4.80. The van der Waals surface area contributed by atoms with Crippen molar-refractivity contribution in [3.8, 4) is 0 Å². The van der Waals surface area contributed by atoms with Gasteiger partial charge in [-0.15, -0.1) is 0 Å². The van der Waals surface area contributed by atoms with Crippen molar-refractivity contribution in [2.45, 2.75) is 45.1 Å². The summed E-state index contributed by atoms with van der Waals surface area (Å²) in [4.78, 5) is 3.99. The van der Waals surface area contributed by atoms with Crippen LogP contribution in [0.1, 0.15) is 39.0 Å². The van der Waals surface area contributed by atoms with E-state index < -0.39 is 0 Å². The van der Waals surface area contributed by atoms with E-state index in [9.17, 15) is 0 Å². The molecule has 0 aromatic carbocycles. The lowest BCUT2D eigenvalue weighted by Crippen LogP contribution is -2.34. The van der Waals surface area contributed by atoms with E-state index in [1.807, 2.05) is 0 Å². The maximum Gasteiger partial charge on any atom is 0.194 e. The van der Waals surface area contributed by atoms with Crippen LogP contribution in [0.2, 0.25) is 0 Å². The molecule has 0 amide bonds. The molecule has 3 nitrogen and oxygen atoms in total. The Morgan fingerprint density at radius 1 is 1.38 bits per heavy atom. The van der Waals surface area contributed by atoms with Crippen LogP contribution >= 0.6 is 12.2 Å². The second kappa shape index (κ2) is 5.17. The summed E-state index contributed by atoms with van der Waals surface area (Å²) in [6.07, 6.45) is 6.36. The molecule has 0 saturated heterocycles. The molecule has 0 aromatic heterocycles. The standard InChI is InChI=1S/C9H17N3S/c1-7(10)11-9(13)12-8-5-3-2-4-6-8/h8H,2-6H2,1H3,(H3,10,11,12,13). The molecule has 0 radical (unpaired) electrons. The zero-order chi connectivity index (χ0) is 9.68. The van der Waals surface area contributed by atoms with E-state index in [1.54, 1.807) is 6.92 Å². The van der Waals surface area contributed by atoms with Crippen LogP contribution in [-0.4, -0.2) is 17.0 Å². The van der Waals surface area contributed by atoms with E-state index in [4.69, 9.17) is 18.0 Å². The predicted molar refractivity (Wildman–Crippen MR) is 59.9 cm³/mol. The summed E-state index contributed by atoms with van der Waals surface area (Å²) < 4.78 is 0. The van der Waals surface area contributed by atoms with E-state index in [0.717, 1.165) is 0 Å². The Bertz CT molecular complexity index is 203. The summed E-state index contributed by atoms with van der Waals surface area (Å²) in [5, 5.41) is 3.75. The van der Waals surface area contributed by atoms with Crippen LogP contribution in [0.25, 0.3) is 0 Å². The van der Waals surface area contributed by atoms with Gasteiger partial charge in [0.1, 0.15) is 0 Å². The number of hydrogen-bond donors (Lipinski definition) is 2. The minimum Gasteiger partial charge on any atom is -0.387 e. The molecule has 13 heavy (non-hydrogen) atoms. The Balaban J connectivity index is 2.30. The van der Waals surface area contributed by atoms with E-state index in [2.05, 4.69) is 10.3 Å². The molecule has 74 valence electrons. The Morgan fingerprint density at radius 2 is 2.00 bits per heavy atom. The van der Waals surface area contributed by atoms with Crippen LogP contribution in [-0.2, 0) is 0 Å². The van der Waals surface area contributed by atoms with Gasteiger partial charge in [0.05, 0.1) is 5.84 Å². The van der Waals surface area contributed by atoms with Crippen molar-refractivity contribution in [3.05, 3.63) is 0 Å². The minimum atomic E-state index is 0.518. The number of rotatable bonds is 1. The predicted octanol–water partition coefficient (Wildman–Crippen LogP) is 1.57. The maximum atomic E-state index is 5.42. The van der Waals surface area contributed by atoms with Crippen LogP contribution in [0.15, 0.2) is 4.99 Å².